The molecule has 0 amide bonds. The van der Waals surface area contributed by atoms with Crippen molar-refractivity contribution in [1.82, 2.24) is 0 Å². The molecule has 0 unspecified atom stereocenters. The molecule has 3 nitrogen and oxygen atoms in total. The van der Waals surface area contributed by atoms with Crippen molar-refractivity contribution < 1.29 is 14.3 Å². The summed E-state index contributed by atoms with van der Waals surface area (Å²) in [5, 5.41) is 12.5. The van der Waals surface area contributed by atoms with Gasteiger partial charge in [0.15, 0.2) is 0 Å². The standard InChI is InChI=1S/C11H10O3S/c12-11(13)10-9(4-6-15-10)2-1-8-3-5-14-7-8/h3-7H,1-2H2,(H,12,13)/p-1. The lowest BCUT2D eigenvalue weighted by molar-refractivity contribution is -0.254. The van der Waals surface area contributed by atoms with Gasteiger partial charge >= 0.3 is 0 Å². The summed E-state index contributed by atoms with van der Waals surface area (Å²) in [6.45, 7) is 0. The van der Waals surface area contributed by atoms with E-state index in [0.29, 0.717) is 11.3 Å². The Morgan fingerprint density at radius 1 is 1.40 bits per heavy atom. The fourth-order valence-electron chi connectivity index (χ4n) is 1.43. The molecule has 4 heteroatoms. The smallest absolute Gasteiger partial charge is 0.0934 e. The first-order chi connectivity index (χ1) is 7.27. The number of aryl methyl sites for hydroxylation is 2. The Bertz CT molecular complexity index is 442. The van der Waals surface area contributed by atoms with Gasteiger partial charge < -0.3 is 14.3 Å². The number of carboxylic acids is 1. The molecular weight excluding hydrogens is 212 g/mol. The van der Waals surface area contributed by atoms with Crippen LogP contribution in [0.15, 0.2) is 34.5 Å². The zero-order valence-corrected chi connectivity index (χ0v) is 8.75. The van der Waals surface area contributed by atoms with Crippen LogP contribution in [0.3, 0.4) is 0 Å². The van der Waals surface area contributed by atoms with Gasteiger partial charge in [-0.25, -0.2) is 0 Å². The molecule has 2 heterocycles. The van der Waals surface area contributed by atoms with Gasteiger partial charge in [-0.2, -0.15) is 0 Å². The predicted octanol–water partition coefficient (Wildman–Crippen LogP) is 1.49. The molecule has 0 radical (unpaired) electrons. The molecule has 0 bridgehead atoms. The zero-order chi connectivity index (χ0) is 10.7. The monoisotopic (exact) mass is 221 g/mol. The number of rotatable bonds is 4. The highest BCUT2D eigenvalue weighted by Gasteiger charge is 2.05. The van der Waals surface area contributed by atoms with E-state index in [2.05, 4.69) is 0 Å². The van der Waals surface area contributed by atoms with Crippen molar-refractivity contribution >= 4 is 17.3 Å². The molecule has 0 aliphatic carbocycles. The lowest BCUT2D eigenvalue weighted by Crippen LogP contribution is -2.22. The maximum atomic E-state index is 10.7. The van der Waals surface area contributed by atoms with E-state index in [-0.39, 0.29) is 0 Å². The minimum Gasteiger partial charge on any atom is -0.544 e. The van der Waals surface area contributed by atoms with E-state index in [1.54, 1.807) is 17.9 Å². The van der Waals surface area contributed by atoms with Gasteiger partial charge in [0, 0.05) is 0 Å². The van der Waals surface area contributed by atoms with Gasteiger partial charge in [-0.15, -0.1) is 11.3 Å². The van der Waals surface area contributed by atoms with E-state index in [4.69, 9.17) is 4.42 Å². The highest BCUT2D eigenvalue weighted by atomic mass is 32.1. The summed E-state index contributed by atoms with van der Waals surface area (Å²) < 4.78 is 4.94. The van der Waals surface area contributed by atoms with E-state index >= 15 is 0 Å². The predicted molar refractivity (Wildman–Crippen MR) is 54.8 cm³/mol. The van der Waals surface area contributed by atoms with Crippen molar-refractivity contribution in [2.75, 3.05) is 0 Å². The van der Waals surface area contributed by atoms with Gasteiger partial charge in [-0.1, -0.05) is 0 Å². The highest BCUT2D eigenvalue weighted by molar-refractivity contribution is 7.12. The number of thiophene rings is 1. The number of carbonyl (C=O) groups excluding carboxylic acids is 1. The average molecular weight is 221 g/mol. The van der Waals surface area contributed by atoms with Gasteiger partial charge in [-0.3, -0.25) is 0 Å². The van der Waals surface area contributed by atoms with Gasteiger partial charge in [0.2, 0.25) is 0 Å². The molecule has 0 aromatic carbocycles. The van der Waals surface area contributed by atoms with Gasteiger partial charge in [0.1, 0.15) is 0 Å². The van der Waals surface area contributed by atoms with E-state index in [0.717, 1.165) is 17.5 Å². The summed E-state index contributed by atoms with van der Waals surface area (Å²) >= 11 is 1.21. The van der Waals surface area contributed by atoms with Crippen LogP contribution in [0.4, 0.5) is 0 Å². The third-order valence-corrected chi connectivity index (χ3v) is 3.13. The fourth-order valence-corrected chi connectivity index (χ4v) is 2.21. The summed E-state index contributed by atoms with van der Waals surface area (Å²) in [5.41, 5.74) is 1.91. The van der Waals surface area contributed by atoms with Crippen molar-refractivity contribution in [3.63, 3.8) is 0 Å². The second kappa shape index (κ2) is 4.31. The molecular formula is C11H9O3S-. The highest BCUT2D eigenvalue weighted by Crippen LogP contribution is 2.18. The molecule has 2 aromatic rings. The fraction of sp³-hybridized carbons (Fsp3) is 0.182. The van der Waals surface area contributed by atoms with Crippen molar-refractivity contribution in [3.05, 3.63) is 46.0 Å². The summed E-state index contributed by atoms with van der Waals surface area (Å²) in [5.74, 6) is -1.09. The van der Waals surface area contributed by atoms with Crippen LogP contribution in [0.2, 0.25) is 0 Å². The first-order valence-electron chi connectivity index (χ1n) is 4.56. The molecule has 78 valence electrons. The summed E-state index contributed by atoms with van der Waals surface area (Å²) in [7, 11) is 0. The van der Waals surface area contributed by atoms with Crippen LogP contribution in [0, 0.1) is 0 Å². The number of aromatic carboxylic acids is 1. The number of hydrogen-bond acceptors (Lipinski definition) is 4. The number of furan rings is 1. The van der Waals surface area contributed by atoms with Crippen LogP contribution in [0.25, 0.3) is 0 Å². The summed E-state index contributed by atoms with van der Waals surface area (Å²) in [6.07, 6.45) is 4.77. The topological polar surface area (TPSA) is 53.3 Å². The Labute approximate surface area is 91.0 Å². The molecule has 2 aromatic heterocycles. The number of hydrogen-bond donors (Lipinski definition) is 0. The molecule has 0 aliphatic rings. The maximum Gasteiger partial charge on any atom is 0.0934 e. The van der Waals surface area contributed by atoms with Crippen molar-refractivity contribution in [2.45, 2.75) is 12.8 Å². The summed E-state index contributed by atoms with van der Waals surface area (Å²) in [4.78, 5) is 11.1. The molecule has 0 aliphatic heterocycles. The second-order valence-corrected chi connectivity index (χ2v) is 4.11. The Morgan fingerprint density at radius 2 is 2.27 bits per heavy atom. The maximum absolute atomic E-state index is 10.7. The van der Waals surface area contributed by atoms with E-state index in [9.17, 15) is 9.90 Å². The Balaban J connectivity index is 2.05. The minimum atomic E-state index is -1.09. The van der Waals surface area contributed by atoms with Crippen LogP contribution in [-0.2, 0) is 12.8 Å². The first-order valence-corrected chi connectivity index (χ1v) is 5.44. The van der Waals surface area contributed by atoms with Crippen LogP contribution < -0.4 is 5.11 Å². The molecule has 0 N–H and O–H groups in total. The SMILES string of the molecule is O=C([O-])c1sccc1CCc1ccoc1. The average Bonchev–Trinajstić information content (AvgIpc) is 2.86. The normalized spacial score (nSPS) is 10.4. The van der Waals surface area contributed by atoms with Crippen LogP contribution in [-0.4, -0.2) is 5.97 Å². The largest absolute Gasteiger partial charge is 0.544 e. The van der Waals surface area contributed by atoms with Crippen molar-refractivity contribution in [3.8, 4) is 0 Å². The van der Waals surface area contributed by atoms with Crippen LogP contribution in [0.1, 0.15) is 20.8 Å². The molecule has 0 spiro atoms. The van der Waals surface area contributed by atoms with Crippen molar-refractivity contribution in [2.24, 2.45) is 0 Å². The van der Waals surface area contributed by atoms with Crippen LogP contribution >= 0.6 is 11.3 Å². The molecule has 0 fully saturated rings. The van der Waals surface area contributed by atoms with E-state index in [1.807, 2.05) is 12.1 Å². The first kappa shape index (κ1) is 9.98. The second-order valence-electron chi connectivity index (χ2n) is 3.19. The molecule has 15 heavy (non-hydrogen) atoms. The van der Waals surface area contributed by atoms with E-state index < -0.39 is 5.97 Å². The summed E-state index contributed by atoms with van der Waals surface area (Å²) in [6, 6.07) is 3.71. The van der Waals surface area contributed by atoms with Gasteiger partial charge in [0.05, 0.1) is 23.4 Å². The quantitative estimate of drug-likeness (QED) is 0.786. The number of carboxylic acid groups (broad SMARTS) is 1. The number of carbonyl (C=O) groups is 1. The third kappa shape index (κ3) is 2.27. The molecule has 0 saturated heterocycles. The lowest BCUT2D eigenvalue weighted by Gasteiger charge is -2.03. The Kier molecular flexibility index (Phi) is 2.87. The molecule has 0 atom stereocenters. The van der Waals surface area contributed by atoms with Gasteiger partial charge in [0.25, 0.3) is 0 Å². The minimum absolute atomic E-state index is 0.332. The van der Waals surface area contributed by atoms with E-state index in [1.165, 1.54) is 11.3 Å². The Hall–Kier alpha value is -1.55. The van der Waals surface area contributed by atoms with Crippen LogP contribution in [0.5, 0.6) is 0 Å². The van der Waals surface area contributed by atoms with Crippen molar-refractivity contribution in [1.29, 1.82) is 0 Å². The Morgan fingerprint density at radius 3 is 2.93 bits per heavy atom. The third-order valence-electron chi connectivity index (χ3n) is 2.20. The molecule has 2 rings (SSSR count). The van der Waals surface area contributed by atoms with Gasteiger partial charge in [-0.05, 0) is 41.5 Å². The lowest BCUT2D eigenvalue weighted by atomic mass is 10.1. The zero-order valence-electron chi connectivity index (χ0n) is 7.93. The molecule has 0 saturated carbocycles.